The molecule has 2 aliphatic heterocycles. The summed E-state index contributed by atoms with van der Waals surface area (Å²) < 4.78 is 53.1. The number of β-lactam (4-membered cyclic amide) rings is 1. The first-order valence-corrected chi connectivity index (χ1v) is 30.2. The molecule has 9 aromatic rings. The Bertz CT molecular complexity index is 3690. The first-order valence-electron chi connectivity index (χ1n) is 27.3. The van der Waals surface area contributed by atoms with Crippen molar-refractivity contribution in [3.63, 3.8) is 0 Å². The summed E-state index contributed by atoms with van der Waals surface area (Å²) in [4.78, 5) is 71.1. The number of esters is 2. The maximum Gasteiger partial charge on any atom is 0.448 e. The van der Waals surface area contributed by atoms with Gasteiger partial charge in [0.05, 0.1) is 0 Å². The fourth-order valence-electron chi connectivity index (χ4n) is 10.2. The average Bonchev–Trinajstić information content (AvgIpc) is 1.22. The van der Waals surface area contributed by atoms with E-state index < -0.39 is 72.2 Å². The highest BCUT2D eigenvalue weighted by Crippen LogP contribution is 2.44. The highest BCUT2D eigenvalue weighted by atomic mass is 127. The largest absolute Gasteiger partial charge is 1.00 e. The zero-order chi connectivity index (χ0) is 59.5. The van der Waals surface area contributed by atoms with Gasteiger partial charge >= 0.3 is 18.1 Å². The molecule has 1 saturated heterocycles. The maximum atomic E-state index is 15.0. The number of nitrogens with one attached hydrogen (secondary N) is 2. The van der Waals surface area contributed by atoms with Gasteiger partial charge < -0.3 is 48.9 Å². The standard InChI is InChI=1S/C67H53F3N6O7S3.HI/c68-66(69,70)44-75-38-36-53(37-39-75)84-41-49-42-85-63-57(62(79)76(63)58(49)64(80)83-60(47-26-12-3-13-27-47)48-28-14-4-15-29-48)72-61(78)56(74-81-40-55(77)82-59(45-22-8-1-9-23-45)46-24-10-2-11-25-46)54-43-86-65(71-54)73-67(50-30-16-5-17-31-50,51-32-18-6-19-33-51)52-34-20-7-21-35-52;/h1-39,43,57,59-60,63H,40-42,44H2,(H-,71,72,73,78);1H/t57-,63-;/m1./s1. The van der Waals surface area contributed by atoms with Gasteiger partial charge in [0, 0.05) is 33.9 Å². The number of ether oxygens (including phenoxy) is 2. The summed E-state index contributed by atoms with van der Waals surface area (Å²) in [5.74, 6) is -2.67. The Balaban J connectivity index is 0.00000838. The molecule has 87 heavy (non-hydrogen) atoms. The lowest BCUT2D eigenvalue weighted by atomic mass is 9.77. The van der Waals surface area contributed by atoms with Crippen molar-refractivity contribution in [1.82, 2.24) is 15.2 Å². The molecule has 20 heteroatoms. The Morgan fingerprint density at radius 3 is 1.60 bits per heavy atom. The van der Waals surface area contributed by atoms with Crippen molar-refractivity contribution < 1.29 is 75.2 Å². The zero-order valence-corrected chi connectivity index (χ0v) is 50.7. The number of hydrogen-bond donors (Lipinski definition) is 2. The Labute approximate surface area is 529 Å². The van der Waals surface area contributed by atoms with Crippen LogP contribution < -0.4 is 39.2 Å². The number of hydrogen-bond acceptors (Lipinski definition) is 13. The van der Waals surface area contributed by atoms with Crippen LogP contribution in [0.15, 0.2) is 264 Å². The van der Waals surface area contributed by atoms with E-state index in [4.69, 9.17) is 19.3 Å². The molecule has 11 rings (SSSR count). The third-order valence-electron chi connectivity index (χ3n) is 14.3. The summed E-state index contributed by atoms with van der Waals surface area (Å²) in [5.41, 5.74) is 4.73. The summed E-state index contributed by atoms with van der Waals surface area (Å²) in [6.07, 6.45) is -3.41. The van der Waals surface area contributed by atoms with Crippen LogP contribution in [0.4, 0.5) is 18.3 Å². The Kier molecular flexibility index (Phi) is 20.0. The monoisotopic (exact) mass is 1330 g/mol. The van der Waals surface area contributed by atoms with E-state index in [1.54, 1.807) is 17.5 Å². The third-order valence-corrected chi connectivity index (χ3v) is 17.5. The average molecular weight is 1340 g/mol. The van der Waals surface area contributed by atoms with Gasteiger partial charge in [0.1, 0.15) is 28.3 Å². The van der Waals surface area contributed by atoms with E-state index in [2.05, 4.69) is 15.8 Å². The number of aromatic nitrogens is 2. The van der Waals surface area contributed by atoms with E-state index >= 15 is 4.79 Å². The summed E-state index contributed by atoms with van der Waals surface area (Å²) in [6.45, 7) is -1.87. The lowest BCUT2D eigenvalue weighted by molar-refractivity contribution is -0.719. The van der Waals surface area contributed by atoms with Gasteiger partial charge in [-0.15, -0.1) is 34.9 Å². The molecule has 7 aromatic carbocycles. The van der Waals surface area contributed by atoms with E-state index in [1.807, 2.05) is 212 Å². The number of carbonyl (C=O) groups is 4. The molecule has 2 atom stereocenters. The second kappa shape index (κ2) is 28.3. The Morgan fingerprint density at radius 2 is 1.13 bits per heavy atom. The number of oxime groups is 1. The number of thioether (sulfide) groups is 2. The number of alkyl halides is 3. The number of amides is 2. The van der Waals surface area contributed by atoms with Gasteiger partial charge in [-0.25, -0.2) is 14.6 Å². The quantitative estimate of drug-likeness (QED) is 0.00977. The van der Waals surface area contributed by atoms with Gasteiger partial charge in [0.15, 0.2) is 35.4 Å². The summed E-state index contributed by atoms with van der Waals surface area (Å²) in [7, 11) is 0. The molecule has 0 saturated carbocycles. The highest BCUT2D eigenvalue weighted by Gasteiger charge is 2.55. The Morgan fingerprint density at radius 1 is 0.667 bits per heavy atom. The molecular weight excluding hydrogens is 1280 g/mol. The first-order chi connectivity index (χ1) is 41.9. The van der Waals surface area contributed by atoms with Gasteiger partial charge in [-0.2, -0.15) is 17.7 Å². The van der Waals surface area contributed by atoms with Crippen LogP contribution in [0.3, 0.4) is 0 Å². The van der Waals surface area contributed by atoms with Crippen LogP contribution in [0.1, 0.15) is 56.8 Å². The second-order valence-electron chi connectivity index (χ2n) is 19.9. The molecule has 2 aromatic heterocycles. The lowest BCUT2D eigenvalue weighted by Gasteiger charge is -2.49. The molecule has 1 fully saturated rings. The molecule has 0 radical (unpaired) electrons. The summed E-state index contributed by atoms with van der Waals surface area (Å²) in [6, 6.07) is 68.4. The number of rotatable bonds is 22. The summed E-state index contributed by atoms with van der Waals surface area (Å²) in [5, 5.41) is 12.1. The van der Waals surface area contributed by atoms with Crippen molar-refractivity contribution >= 4 is 69.5 Å². The van der Waals surface area contributed by atoms with Gasteiger partial charge in [-0.05, 0) is 44.5 Å². The fraction of sp³-hybridized carbons (Fsp3) is 0.149. The predicted octanol–water partition coefficient (Wildman–Crippen LogP) is 9.23. The van der Waals surface area contributed by atoms with E-state index in [1.165, 1.54) is 52.2 Å². The zero-order valence-electron chi connectivity index (χ0n) is 46.1. The minimum atomic E-state index is -4.41. The molecule has 2 amide bonds. The predicted molar refractivity (Wildman–Crippen MR) is 325 cm³/mol. The van der Waals surface area contributed by atoms with Crippen molar-refractivity contribution in [3.8, 4) is 0 Å². The molecule has 0 aliphatic carbocycles. The van der Waals surface area contributed by atoms with Crippen molar-refractivity contribution in [2.75, 3.05) is 23.4 Å². The van der Waals surface area contributed by atoms with E-state index in [-0.39, 0.29) is 52.6 Å². The fourth-order valence-corrected chi connectivity index (χ4v) is 13.4. The van der Waals surface area contributed by atoms with Crippen LogP contribution >= 0.6 is 34.9 Å². The topological polar surface area (TPSA) is 152 Å². The minimum Gasteiger partial charge on any atom is -1.00 e. The van der Waals surface area contributed by atoms with Crippen LogP contribution in [0.2, 0.25) is 0 Å². The normalized spacial score (nSPS) is 15.0. The van der Waals surface area contributed by atoms with Crippen LogP contribution in [0, 0.1) is 0 Å². The van der Waals surface area contributed by atoms with E-state index in [0.717, 1.165) is 32.4 Å². The molecule has 2 N–H and O–H groups in total. The van der Waals surface area contributed by atoms with Gasteiger partial charge in [-0.3, -0.25) is 14.5 Å². The number of carbonyl (C=O) groups excluding carboxylic acids is 4. The smallest absolute Gasteiger partial charge is 0.448 e. The van der Waals surface area contributed by atoms with E-state index in [9.17, 15) is 27.6 Å². The van der Waals surface area contributed by atoms with Crippen molar-refractivity contribution in [2.45, 2.75) is 46.8 Å². The van der Waals surface area contributed by atoms with Gasteiger partial charge in [0.2, 0.25) is 13.2 Å². The molecule has 4 heterocycles. The first kappa shape index (κ1) is 61.5. The molecule has 2 aliphatic rings. The van der Waals surface area contributed by atoms with Crippen LogP contribution in [-0.2, 0) is 45.6 Å². The molecule has 13 nitrogen and oxygen atoms in total. The Hall–Kier alpha value is -8.57. The minimum absolute atomic E-state index is 0. The highest BCUT2D eigenvalue weighted by molar-refractivity contribution is 8.01. The maximum absolute atomic E-state index is 15.0. The van der Waals surface area contributed by atoms with Crippen molar-refractivity contribution in [3.05, 3.63) is 298 Å². The summed E-state index contributed by atoms with van der Waals surface area (Å²) >= 11 is 3.80. The van der Waals surface area contributed by atoms with Gasteiger partial charge in [0.25, 0.3) is 11.8 Å². The van der Waals surface area contributed by atoms with Crippen LogP contribution in [0.25, 0.3) is 0 Å². The van der Waals surface area contributed by atoms with Gasteiger partial charge in [-0.1, -0.05) is 217 Å². The number of pyridine rings is 1. The number of nitrogens with zero attached hydrogens (tertiary/aromatic N) is 4. The molecule has 440 valence electrons. The molecule has 0 unspecified atom stereocenters. The SMILES string of the molecule is O=C(CON=C(C(=O)N[C@@H]1C(=O)N2C(C(=O)OC(c3ccccc3)c3ccccc3)=C(CSc3cc[n+](CC(F)(F)F)cc3)CS[C@H]12)c1csc(NC(c2ccccc2)(c2ccccc2)c2ccccc2)n1)OC(c1ccccc1)c1ccccc1.[I-]. The molecule has 0 spiro atoms. The number of fused-ring (bicyclic) bond motifs is 1. The number of benzene rings is 7. The lowest BCUT2D eigenvalue weighted by Crippen LogP contribution is -3.00. The van der Waals surface area contributed by atoms with E-state index in [0.29, 0.717) is 26.7 Å². The third kappa shape index (κ3) is 14.5. The van der Waals surface area contributed by atoms with Crippen molar-refractivity contribution in [1.29, 1.82) is 0 Å². The number of anilines is 1. The number of thiazole rings is 1. The molecule has 0 bridgehead atoms. The van der Waals surface area contributed by atoms with Crippen molar-refractivity contribution in [2.24, 2.45) is 5.16 Å². The molecular formula is C67H54F3IN6O7S3. The second-order valence-corrected chi connectivity index (χ2v) is 23.0. The number of halogens is 4. The van der Waals surface area contributed by atoms with Crippen LogP contribution in [0.5, 0.6) is 0 Å². The van der Waals surface area contributed by atoms with Crippen LogP contribution in [-0.4, -0.2) is 75.1 Å².